The molecule has 5 atom stereocenters. The van der Waals surface area contributed by atoms with Gasteiger partial charge in [0, 0.05) is 26.7 Å². The molecule has 0 spiro atoms. The lowest BCUT2D eigenvalue weighted by Gasteiger charge is -2.32. The largest absolute Gasteiger partial charge is 0.372 e. The molecule has 27 heavy (non-hydrogen) atoms. The zero-order chi connectivity index (χ0) is 19.5. The van der Waals surface area contributed by atoms with Crippen molar-refractivity contribution in [3.8, 4) is 0 Å². The Morgan fingerprint density at radius 2 is 1.70 bits per heavy atom. The van der Waals surface area contributed by atoms with Gasteiger partial charge in [0.1, 0.15) is 24.9 Å². The Morgan fingerprint density at radius 3 is 2.30 bits per heavy atom. The Hall–Kier alpha value is -0.280. The molecule has 2 saturated heterocycles. The Morgan fingerprint density at radius 1 is 1.00 bits per heavy atom. The van der Waals surface area contributed by atoms with Crippen molar-refractivity contribution in [3.63, 3.8) is 0 Å². The molecule has 2 aliphatic rings. The van der Waals surface area contributed by atoms with E-state index in [1.54, 1.807) is 7.11 Å². The SMILES string of the molecule is CCCCOC1[C@H](OC)O[C@H](COOC2(C)CCCCO2)[C@H]1OCCCC. The van der Waals surface area contributed by atoms with Gasteiger partial charge in [0.2, 0.25) is 0 Å². The number of hydrogen-bond acceptors (Lipinski definition) is 7. The van der Waals surface area contributed by atoms with Crippen LogP contribution in [0.25, 0.3) is 0 Å². The third-order valence-electron chi connectivity index (χ3n) is 5.02. The zero-order valence-electron chi connectivity index (χ0n) is 17.4. The summed E-state index contributed by atoms with van der Waals surface area (Å²) in [6.45, 7) is 8.44. The van der Waals surface area contributed by atoms with Crippen LogP contribution in [0.3, 0.4) is 0 Å². The van der Waals surface area contributed by atoms with Crippen molar-refractivity contribution in [2.24, 2.45) is 0 Å². The van der Waals surface area contributed by atoms with E-state index in [2.05, 4.69) is 13.8 Å². The van der Waals surface area contributed by atoms with E-state index >= 15 is 0 Å². The van der Waals surface area contributed by atoms with Crippen LogP contribution in [0.2, 0.25) is 0 Å². The van der Waals surface area contributed by atoms with E-state index in [4.69, 9.17) is 33.5 Å². The quantitative estimate of drug-likeness (QED) is 0.270. The molecule has 0 aromatic heterocycles. The highest BCUT2D eigenvalue weighted by atomic mass is 17.2. The van der Waals surface area contributed by atoms with Gasteiger partial charge >= 0.3 is 0 Å². The molecule has 0 amide bonds. The average Bonchev–Trinajstić information content (AvgIpc) is 3.00. The maximum Gasteiger partial charge on any atom is 0.198 e. The molecule has 0 radical (unpaired) electrons. The number of rotatable bonds is 13. The van der Waals surface area contributed by atoms with E-state index in [9.17, 15) is 0 Å². The van der Waals surface area contributed by atoms with Crippen LogP contribution in [0.5, 0.6) is 0 Å². The van der Waals surface area contributed by atoms with Gasteiger partial charge in [0.05, 0.1) is 6.61 Å². The number of ether oxygens (including phenoxy) is 5. The van der Waals surface area contributed by atoms with E-state index in [1.807, 2.05) is 6.92 Å². The van der Waals surface area contributed by atoms with Crippen molar-refractivity contribution in [1.82, 2.24) is 0 Å². The van der Waals surface area contributed by atoms with Crippen LogP contribution >= 0.6 is 0 Å². The van der Waals surface area contributed by atoms with E-state index in [0.29, 0.717) is 19.8 Å². The Bertz CT molecular complexity index is 387. The highest BCUT2D eigenvalue weighted by molar-refractivity contribution is 4.89. The van der Waals surface area contributed by atoms with Crippen molar-refractivity contribution in [2.45, 2.75) is 96.1 Å². The predicted octanol–water partition coefficient (Wildman–Crippen LogP) is 3.59. The first-order valence-electron chi connectivity index (χ1n) is 10.5. The first-order chi connectivity index (χ1) is 13.1. The third kappa shape index (κ3) is 7.24. The van der Waals surface area contributed by atoms with Crippen LogP contribution in [0.4, 0.5) is 0 Å². The Kier molecular flexibility index (Phi) is 10.5. The summed E-state index contributed by atoms with van der Waals surface area (Å²) in [4.78, 5) is 11.1. The molecular weight excluding hydrogens is 352 g/mol. The van der Waals surface area contributed by atoms with Crippen molar-refractivity contribution < 1.29 is 33.5 Å². The number of hydrogen-bond donors (Lipinski definition) is 0. The molecule has 2 heterocycles. The van der Waals surface area contributed by atoms with Gasteiger partial charge in [-0.1, -0.05) is 26.7 Å². The zero-order valence-corrected chi connectivity index (χ0v) is 17.4. The summed E-state index contributed by atoms with van der Waals surface area (Å²) in [5.41, 5.74) is 0. The van der Waals surface area contributed by atoms with Gasteiger partial charge in [0.15, 0.2) is 12.1 Å². The topological polar surface area (TPSA) is 64.6 Å². The monoisotopic (exact) mass is 390 g/mol. The van der Waals surface area contributed by atoms with E-state index < -0.39 is 12.1 Å². The van der Waals surface area contributed by atoms with Crippen molar-refractivity contribution >= 4 is 0 Å². The maximum atomic E-state index is 6.10. The minimum Gasteiger partial charge on any atom is -0.372 e. The van der Waals surface area contributed by atoms with Gasteiger partial charge in [-0.25, -0.2) is 9.78 Å². The summed E-state index contributed by atoms with van der Waals surface area (Å²) in [5.74, 6) is -0.687. The van der Waals surface area contributed by atoms with Crippen LogP contribution in [-0.2, 0) is 33.5 Å². The molecule has 7 heteroatoms. The molecule has 2 fully saturated rings. The highest BCUT2D eigenvalue weighted by Gasteiger charge is 2.47. The molecule has 2 aliphatic heterocycles. The molecule has 0 aromatic carbocycles. The van der Waals surface area contributed by atoms with Crippen LogP contribution in [0.1, 0.15) is 65.7 Å². The normalized spacial score (nSPS) is 34.2. The molecule has 7 nitrogen and oxygen atoms in total. The lowest BCUT2D eigenvalue weighted by molar-refractivity contribution is -0.436. The van der Waals surface area contributed by atoms with Crippen molar-refractivity contribution in [2.75, 3.05) is 33.5 Å². The second kappa shape index (κ2) is 12.3. The molecule has 2 rings (SSSR count). The molecule has 2 unspecified atom stereocenters. The Labute approximate surface area is 163 Å². The van der Waals surface area contributed by atoms with E-state index in [-0.39, 0.29) is 24.9 Å². The fourth-order valence-corrected chi connectivity index (χ4v) is 3.32. The summed E-state index contributed by atoms with van der Waals surface area (Å²) in [5, 5.41) is 0. The van der Waals surface area contributed by atoms with Gasteiger partial charge in [-0.3, -0.25) is 0 Å². The molecule has 0 aliphatic carbocycles. The lowest BCUT2D eigenvalue weighted by Crippen LogP contribution is -2.41. The van der Waals surface area contributed by atoms with Crippen molar-refractivity contribution in [1.29, 1.82) is 0 Å². The maximum absolute atomic E-state index is 6.10. The summed E-state index contributed by atoms with van der Waals surface area (Å²) in [6.07, 6.45) is 5.78. The fourth-order valence-electron chi connectivity index (χ4n) is 3.32. The predicted molar refractivity (Wildman–Crippen MR) is 100 cm³/mol. The second-order valence-corrected chi connectivity index (χ2v) is 7.46. The van der Waals surface area contributed by atoms with Gasteiger partial charge in [0.25, 0.3) is 0 Å². The lowest BCUT2D eigenvalue weighted by atomic mass is 10.1. The summed E-state index contributed by atoms with van der Waals surface area (Å²) in [6, 6.07) is 0. The minimum absolute atomic E-state index is 0.239. The summed E-state index contributed by atoms with van der Waals surface area (Å²) >= 11 is 0. The smallest absolute Gasteiger partial charge is 0.198 e. The van der Waals surface area contributed by atoms with Gasteiger partial charge < -0.3 is 23.7 Å². The molecular formula is C20H38O7. The van der Waals surface area contributed by atoms with Gasteiger partial charge in [-0.15, -0.1) is 0 Å². The first kappa shape index (κ1) is 23.0. The average molecular weight is 391 g/mol. The molecule has 0 N–H and O–H groups in total. The number of methoxy groups -OCH3 is 1. The standard InChI is InChI=1S/C20H38O7/c1-5-7-12-22-17-16(15-25-27-20(3)11-9-10-14-24-20)26-19(21-4)18(17)23-13-8-6-2/h16-19H,5-15H2,1-4H3/t16-,17-,18?,19-,20?/m1/s1. The summed E-state index contributed by atoms with van der Waals surface area (Å²) in [7, 11) is 1.63. The van der Waals surface area contributed by atoms with Gasteiger partial charge in [-0.2, -0.15) is 0 Å². The van der Waals surface area contributed by atoms with Crippen LogP contribution in [0, 0.1) is 0 Å². The van der Waals surface area contributed by atoms with Crippen LogP contribution < -0.4 is 0 Å². The second-order valence-electron chi connectivity index (χ2n) is 7.46. The molecule has 160 valence electrons. The van der Waals surface area contributed by atoms with Crippen LogP contribution in [0.15, 0.2) is 0 Å². The minimum atomic E-state index is -0.687. The molecule has 0 bridgehead atoms. The molecule has 0 saturated carbocycles. The number of unbranched alkanes of at least 4 members (excludes halogenated alkanes) is 2. The summed E-state index contributed by atoms with van der Waals surface area (Å²) < 4.78 is 29.3. The van der Waals surface area contributed by atoms with Gasteiger partial charge in [-0.05, 0) is 32.6 Å². The van der Waals surface area contributed by atoms with Crippen LogP contribution in [-0.4, -0.2) is 63.9 Å². The van der Waals surface area contributed by atoms with E-state index in [0.717, 1.165) is 44.9 Å². The van der Waals surface area contributed by atoms with Crippen molar-refractivity contribution in [3.05, 3.63) is 0 Å². The van der Waals surface area contributed by atoms with E-state index in [1.165, 1.54) is 0 Å². The third-order valence-corrected chi connectivity index (χ3v) is 5.02. The fraction of sp³-hybridized carbons (Fsp3) is 1.00. The highest BCUT2D eigenvalue weighted by Crippen LogP contribution is 2.30. The first-order valence-corrected chi connectivity index (χ1v) is 10.5. The Balaban J connectivity index is 1.89. The molecule has 0 aromatic rings.